The molecule has 1 aromatic carbocycles. The number of hydrogen-bond donors (Lipinski definition) is 2. The number of rotatable bonds is 8. The standard InChI is InChI=1S/C15H25N3O2.2ClH/c1-4-20-12(9-10-18(2)3)11-17-15(19)13-7-5-6-8-14(13)16;;/h5-8,12H,4,9-11,16H2,1-3H3,(H,17,19);2*1H. The molecule has 0 aliphatic heterocycles. The van der Waals surface area contributed by atoms with Crippen molar-refractivity contribution < 1.29 is 9.53 Å². The Labute approximate surface area is 145 Å². The molecule has 1 atom stereocenters. The van der Waals surface area contributed by atoms with Gasteiger partial charge in [-0.1, -0.05) is 12.1 Å². The van der Waals surface area contributed by atoms with Gasteiger partial charge < -0.3 is 20.7 Å². The Morgan fingerprint density at radius 2 is 1.95 bits per heavy atom. The van der Waals surface area contributed by atoms with Crippen LogP contribution in [0.4, 0.5) is 5.69 Å². The molecule has 128 valence electrons. The van der Waals surface area contributed by atoms with Gasteiger partial charge in [-0.05, 0) is 39.6 Å². The van der Waals surface area contributed by atoms with E-state index in [1.807, 2.05) is 27.1 Å². The maximum absolute atomic E-state index is 12.1. The lowest BCUT2D eigenvalue weighted by Gasteiger charge is -2.20. The van der Waals surface area contributed by atoms with Crippen molar-refractivity contribution in [3.8, 4) is 0 Å². The summed E-state index contributed by atoms with van der Waals surface area (Å²) < 4.78 is 5.64. The quantitative estimate of drug-likeness (QED) is 0.704. The molecule has 3 N–H and O–H groups in total. The first-order chi connectivity index (χ1) is 9.54. The predicted octanol–water partition coefficient (Wildman–Crippen LogP) is 2.20. The number of carbonyl (C=O) groups excluding carboxylic acids is 1. The summed E-state index contributed by atoms with van der Waals surface area (Å²) in [6.45, 7) is 4.02. The molecule has 0 bridgehead atoms. The van der Waals surface area contributed by atoms with E-state index in [0.29, 0.717) is 24.4 Å². The van der Waals surface area contributed by atoms with Gasteiger partial charge in [0.2, 0.25) is 0 Å². The van der Waals surface area contributed by atoms with E-state index in [0.717, 1.165) is 13.0 Å². The van der Waals surface area contributed by atoms with E-state index in [1.165, 1.54) is 0 Å². The molecular formula is C15H27Cl2N3O2. The molecule has 1 aromatic rings. The molecule has 0 heterocycles. The molecule has 22 heavy (non-hydrogen) atoms. The number of nitrogen functional groups attached to an aromatic ring is 1. The van der Waals surface area contributed by atoms with Crippen LogP contribution in [0.1, 0.15) is 23.7 Å². The second-order valence-electron chi connectivity index (χ2n) is 4.97. The summed E-state index contributed by atoms with van der Waals surface area (Å²) in [7, 11) is 4.04. The lowest BCUT2D eigenvalue weighted by atomic mass is 10.1. The van der Waals surface area contributed by atoms with E-state index in [9.17, 15) is 4.79 Å². The summed E-state index contributed by atoms with van der Waals surface area (Å²) in [5.41, 5.74) is 6.79. The van der Waals surface area contributed by atoms with E-state index >= 15 is 0 Å². The highest BCUT2D eigenvalue weighted by Gasteiger charge is 2.13. The van der Waals surface area contributed by atoms with Crippen LogP contribution >= 0.6 is 24.8 Å². The third kappa shape index (κ3) is 8.44. The number of nitrogens with one attached hydrogen (secondary N) is 1. The van der Waals surface area contributed by atoms with Crippen LogP contribution in [0.3, 0.4) is 0 Å². The van der Waals surface area contributed by atoms with Gasteiger partial charge in [0.05, 0.1) is 11.7 Å². The molecular weight excluding hydrogens is 325 g/mol. The fraction of sp³-hybridized carbons (Fsp3) is 0.533. The number of benzene rings is 1. The van der Waals surface area contributed by atoms with Gasteiger partial charge in [-0.3, -0.25) is 4.79 Å². The largest absolute Gasteiger partial charge is 0.398 e. The SMILES string of the molecule is CCOC(CCN(C)C)CNC(=O)c1ccccc1N.Cl.Cl. The van der Waals surface area contributed by atoms with Crippen LogP contribution in [0.25, 0.3) is 0 Å². The van der Waals surface area contributed by atoms with Crippen molar-refractivity contribution in [2.24, 2.45) is 0 Å². The van der Waals surface area contributed by atoms with Crippen molar-refractivity contribution in [1.82, 2.24) is 10.2 Å². The van der Waals surface area contributed by atoms with Crippen LogP contribution in [0.5, 0.6) is 0 Å². The number of hydrogen-bond acceptors (Lipinski definition) is 4. The lowest BCUT2D eigenvalue weighted by molar-refractivity contribution is 0.0496. The zero-order chi connectivity index (χ0) is 15.0. The Morgan fingerprint density at radius 3 is 2.50 bits per heavy atom. The highest BCUT2D eigenvalue weighted by atomic mass is 35.5. The second-order valence-corrected chi connectivity index (χ2v) is 4.97. The van der Waals surface area contributed by atoms with Gasteiger partial charge in [0.15, 0.2) is 0 Å². The molecule has 1 unspecified atom stereocenters. The van der Waals surface area contributed by atoms with Gasteiger partial charge in [-0.15, -0.1) is 24.8 Å². The summed E-state index contributed by atoms with van der Waals surface area (Å²) in [5, 5.41) is 2.89. The van der Waals surface area contributed by atoms with Crippen LogP contribution in [0, 0.1) is 0 Å². The van der Waals surface area contributed by atoms with Gasteiger partial charge >= 0.3 is 0 Å². The Hall–Kier alpha value is -1.01. The van der Waals surface area contributed by atoms with Crippen LogP contribution in [-0.2, 0) is 4.74 Å². The van der Waals surface area contributed by atoms with Crippen molar-refractivity contribution in [2.75, 3.05) is 39.5 Å². The first-order valence-electron chi connectivity index (χ1n) is 6.93. The zero-order valence-electron chi connectivity index (χ0n) is 13.4. The van der Waals surface area contributed by atoms with Crippen molar-refractivity contribution in [3.05, 3.63) is 29.8 Å². The smallest absolute Gasteiger partial charge is 0.253 e. The van der Waals surface area contributed by atoms with Crippen LogP contribution in [0.15, 0.2) is 24.3 Å². The van der Waals surface area contributed by atoms with Crippen molar-refractivity contribution in [3.63, 3.8) is 0 Å². The first-order valence-corrected chi connectivity index (χ1v) is 6.93. The molecule has 0 aliphatic rings. The molecule has 0 aromatic heterocycles. The average molecular weight is 352 g/mol. The highest BCUT2D eigenvalue weighted by molar-refractivity contribution is 5.99. The molecule has 0 saturated heterocycles. The molecule has 1 rings (SSSR count). The summed E-state index contributed by atoms with van der Waals surface area (Å²) in [4.78, 5) is 14.2. The Bertz CT molecular complexity index is 431. The van der Waals surface area contributed by atoms with Gasteiger partial charge in [0, 0.05) is 25.4 Å². The van der Waals surface area contributed by atoms with E-state index in [1.54, 1.807) is 18.2 Å². The summed E-state index contributed by atoms with van der Waals surface area (Å²) >= 11 is 0. The van der Waals surface area contributed by atoms with Gasteiger partial charge in [-0.2, -0.15) is 0 Å². The topological polar surface area (TPSA) is 67.6 Å². The number of para-hydroxylation sites is 1. The monoisotopic (exact) mass is 351 g/mol. The van der Waals surface area contributed by atoms with E-state index in [-0.39, 0.29) is 36.8 Å². The number of nitrogens with zero attached hydrogens (tertiary/aromatic N) is 1. The molecule has 0 radical (unpaired) electrons. The minimum atomic E-state index is -0.155. The number of carbonyl (C=O) groups is 1. The van der Waals surface area contributed by atoms with Crippen LogP contribution < -0.4 is 11.1 Å². The van der Waals surface area contributed by atoms with Gasteiger partial charge in [-0.25, -0.2) is 0 Å². The number of amides is 1. The van der Waals surface area contributed by atoms with E-state index < -0.39 is 0 Å². The predicted molar refractivity (Wildman–Crippen MR) is 96.3 cm³/mol. The van der Waals surface area contributed by atoms with Crippen molar-refractivity contribution in [2.45, 2.75) is 19.4 Å². The third-order valence-electron chi connectivity index (χ3n) is 3.00. The molecule has 0 saturated carbocycles. The number of ether oxygens (including phenoxy) is 1. The minimum absolute atomic E-state index is 0. The summed E-state index contributed by atoms with van der Waals surface area (Å²) in [5.74, 6) is -0.155. The number of nitrogens with two attached hydrogens (primary N) is 1. The molecule has 7 heteroatoms. The lowest BCUT2D eigenvalue weighted by Crippen LogP contribution is -2.35. The molecule has 0 fully saturated rings. The number of halogens is 2. The Morgan fingerprint density at radius 1 is 1.32 bits per heavy atom. The molecule has 5 nitrogen and oxygen atoms in total. The van der Waals surface area contributed by atoms with Crippen molar-refractivity contribution >= 4 is 36.4 Å². The Kier molecular flexibility index (Phi) is 13.2. The summed E-state index contributed by atoms with van der Waals surface area (Å²) in [6.07, 6.45) is 0.905. The van der Waals surface area contributed by atoms with E-state index in [2.05, 4.69) is 10.2 Å². The van der Waals surface area contributed by atoms with Crippen molar-refractivity contribution in [1.29, 1.82) is 0 Å². The molecule has 0 spiro atoms. The minimum Gasteiger partial charge on any atom is -0.398 e. The van der Waals surface area contributed by atoms with E-state index in [4.69, 9.17) is 10.5 Å². The van der Waals surface area contributed by atoms with Gasteiger partial charge in [0.1, 0.15) is 0 Å². The average Bonchev–Trinajstić information content (AvgIpc) is 2.42. The first kappa shape index (κ1) is 23.3. The maximum Gasteiger partial charge on any atom is 0.253 e. The Balaban J connectivity index is 0. The molecule has 0 aliphatic carbocycles. The number of anilines is 1. The molecule has 1 amide bonds. The fourth-order valence-corrected chi connectivity index (χ4v) is 1.89. The maximum atomic E-state index is 12.1. The zero-order valence-corrected chi connectivity index (χ0v) is 15.0. The third-order valence-corrected chi connectivity index (χ3v) is 3.00. The normalized spacial score (nSPS) is 11.3. The summed E-state index contributed by atoms with van der Waals surface area (Å²) in [6, 6.07) is 7.06. The van der Waals surface area contributed by atoms with Crippen LogP contribution in [0.2, 0.25) is 0 Å². The van der Waals surface area contributed by atoms with Crippen LogP contribution in [-0.4, -0.2) is 50.7 Å². The second kappa shape index (κ2) is 12.5. The fourth-order valence-electron chi connectivity index (χ4n) is 1.89. The highest BCUT2D eigenvalue weighted by Crippen LogP contribution is 2.10. The van der Waals surface area contributed by atoms with Gasteiger partial charge in [0.25, 0.3) is 5.91 Å².